The number of aliphatic imine (C=N–C) groups is 2. The van der Waals surface area contributed by atoms with Crippen molar-refractivity contribution < 1.29 is 0 Å². The Labute approximate surface area is 67.0 Å². The Morgan fingerprint density at radius 3 is 2.55 bits per heavy atom. The molecule has 6 nitrogen and oxygen atoms in total. The first-order chi connectivity index (χ1) is 5.36. The van der Waals surface area contributed by atoms with E-state index < -0.39 is 0 Å². The Kier molecular flexibility index (Phi) is 1.35. The maximum atomic E-state index is 3.88. The molecule has 2 heterocycles. The molecule has 0 aromatic heterocycles. The normalized spacial score (nSPS) is 26.8. The predicted octanol–water partition coefficient (Wildman–Crippen LogP) is 1.36. The fourth-order valence-corrected chi connectivity index (χ4v) is 0.755. The highest BCUT2D eigenvalue weighted by Crippen LogP contribution is 2.19. The summed E-state index contributed by atoms with van der Waals surface area (Å²) in [4.78, 5) is 7.61. The van der Waals surface area contributed by atoms with Gasteiger partial charge < -0.3 is 0 Å². The van der Waals surface area contributed by atoms with Crippen molar-refractivity contribution in [3.63, 3.8) is 0 Å². The van der Waals surface area contributed by atoms with E-state index in [-0.39, 0.29) is 0 Å². The SMILES string of the molecule is SC1=NC(=C2N=CN=N2)N=N1. The van der Waals surface area contributed by atoms with Crippen molar-refractivity contribution >= 4 is 24.1 Å². The van der Waals surface area contributed by atoms with Crippen LogP contribution in [0.1, 0.15) is 0 Å². The third kappa shape index (κ3) is 1.09. The molecule has 0 radical (unpaired) electrons. The molecular formula is C4H2N6S. The molecule has 0 aromatic carbocycles. The molecule has 54 valence electrons. The predicted molar refractivity (Wildman–Crippen MR) is 41.7 cm³/mol. The van der Waals surface area contributed by atoms with Gasteiger partial charge in [-0.3, -0.25) is 0 Å². The Morgan fingerprint density at radius 2 is 2.00 bits per heavy atom. The highest BCUT2D eigenvalue weighted by atomic mass is 32.1. The van der Waals surface area contributed by atoms with Crippen LogP contribution < -0.4 is 0 Å². The molecule has 0 amide bonds. The van der Waals surface area contributed by atoms with Gasteiger partial charge in [0.1, 0.15) is 6.34 Å². The minimum absolute atomic E-state index is 0.310. The molecule has 0 saturated heterocycles. The van der Waals surface area contributed by atoms with Crippen LogP contribution in [0.5, 0.6) is 0 Å². The molecule has 2 aliphatic heterocycles. The van der Waals surface area contributed by atoms with Gasteiger partial charge in [0.2, 0.25) is 16.8 Å². The van der Waals surface area contributed by atoms with Gasteiger partial charge in [-0.2, -0.15) is 4.99 Å². The molecule has 7 heteroatoms. The summed E-state index contributed by atoms with van der Waals surface area (Å²) in [6, 6.07) is 0. The van der Waals surface area contributed by atoms with E-state index >= 15 is 0 Å². The zero-order valence-electron chi connectivity index (χ0n) is 5.21. The Bertz CT molecular complexity index is 320. The van der Waals surface area contributed by atoms with Crippen molar-refractivity contribution in [1.82, 2.24) is 0 Å². The lowest BCUT2D eigenvalue weighted by atomic mass is 10.7. The molecular weight excluding hydrogens is 164 g/mol. The minimum atomic E-state index is 0.310. The zero-order chi connectivity index (χ0) is 7.68. The van der Waals surface area contributed by atoms with Crippen LogP contribution in [0.2, 0.25) is 0 Å². The van der Waals surface area contributed by atoms with Gasteiger partial charge in [-0.15, -0.1) is 33.1 Å². The van der Waals surface area contributed by atoms with Crippen LogP contribution in [-0.4, -0.2) is 11.5 Å². The summed E-state index contributed by atoms with van der Waals surface area (Å²) in [5.74, 6) is 0.727. The number of azo groups is 2. The first kappa shape index (κ1) is 6.35. The Morgan fingerprint density at radius 1 is 1.09 bits per heavy atom. The van der Waals surface area contributed by atoms with Crippen LogP contribution in [0.25, 0.3) is 0 Å². The monoisotopic (exact) mass is 166 g/mol. The summed E-state index contributed by atoms with van der Waals surface area (Å²) < 4.78 is 0. The van der Waals surface area contributed by atoms with Gasteiger partial charge in [-0.25, -0.2) is 4.99 Å². The molecule has 2 aliphatic rings. The first-order valence-corrected chi connectivity index (χ1v) is 3.18. The molecule has 0 atom stereocenters. The molecule has 0 N–H and O–H groups in total. The maximum absolute atomic E-state index is 3.88. The van der Waals surface area contributed by atoms with E-state index in [0.717, 1.165) is 0 Å². The molecule has 0 spiro atoms. The molecule has 0 fully saturated rings. The molecule has 0 aromatic rings. The van der Waals surface area contributed by atoms with Gasteiger partial charge in [0.05, 0.1) is 0 Å². The van der Waals surface area contributed by atoms with E-state index in [1.54, 1.807) is 0 Å². The molecule has 0 saturated carbocycles. The zero-order valence-corrected chi connectivity index (χ0v) is 6.10. The van der Waals surface area contributed by atoms with E-state index in [1.807, 2.05) is 0 Å². The van der Waals surface area contributed by atoms with Crippen molar-refractivity contribution in [1.29, 1.82) is 0 Å². The van der Waals surface area contributed by atoms with Crippen molar-refractivity contribution in [3.8, 4) is 0 Å². The quantitative estimate of drug-likeness (QED) is 0.527. The van der Waals surface area contributed by atoms with Crippen LogP contribution in [0.15, 0.2) is 42.1 Å². The summed E-state index contributed by atoms with van der Waals surface area (Å²) >= 11 is 3.88. The lowest BCUT2D eigenvalue weighted by molar-refractivity contribution is 1.07. The smallest absolute Gasteiger partial charge is 0.210 e. The van der Waals surface area contributed by atoms with E-state index in [0.29, 0.717) is 16.8 Å². The van der Waals surface area contributed by atoms with Crippen LogP contribution in [0, 0.1) is 0 Å². The first-order valence-electron chi connectivity index (χ1n) is 2.73. The van der Waals surface area contributed by atoms with Crippen LogP contribution in [0.3, 0.4) is 0 Å². The number of hydrogen-bond acceptors (Lipinski definition) is 6. The van der Waals surface area contributed by atoms with E-state index in [9.17, 15) is 0 Å². The van der Waals surface area contributed by atoms with E-state index in [2.05, 4.69) is 43.1 Å². The standard InChI is InChI=1S/C4H2N6S/c11-4-7-3(9-10-4)2-5-1-6-8-2/h1H,(H,7,11). The van der Waals surface area contributed by atoms with Gasteiger partial charge in [-0.05, 0) is 0 Å². The number of thiol groups is 1. The fraction of sp³-hybridized carbons (Fsp3) is 0. The van der Waals surface area contributed by atoms with Crippen LogP contribution >= 0.6 is 12.6 Å². The molecule has 11 heavy (non-hydrogen) atoms. The van der Waals surface area contributed by atoms with Gasteiger partial charge in [0, 0.05) is 0 Å². The number of nitrogens with zero attached hydrogens (tertiary/aromatic N) is 6. The summed E-state index contributed by atoms with van der Waals surface area (Å²) in [7, 11) is 0. The highest BCUT2D eigenvalue weighted by Gasteiger charge is 2.11. The fourth-order valence-electron chi connectivity index (χ4n) is 0.616. The van der Waals surface area contributed by atoms with Crippen LogP contribution in [0.4, 0.5) is 0 Å². The third-order valence-corrected chi connectivity index (χ3v) is 1.21. The largest absolute Gasteiger partial charge is 0.224 e. The average molecular weight is 166 g/mol. The number of hydrogen-bond donors (Lipinski definition) is 1. The lowest BCUT2D eigenvalue weighted by Crippen LogP contribution is -1.74. The Balaban J connectivity index is 2.44. The molecule has 0 bridgehead atoms. The molecule has 0 unspecified atom stereocenters. The van der Waals surface area contributed by atoms with Crippen molar-refractivity contribution in [2.24, 2.45) is 30.4 Å². The second-order valence-corrected chi connectivity index (χ2v) is 2.12. The van der Waals surface area contributed by atoms with Crippen molar-refractivity contribution in [2.45, 2.75) is 0 Å². The molecule has 0 aliphatic carbocycles. The highest BCUT2D eigenvalue weighted by molar-refractivity contribution is 7.96. The Hall–Kier alpha value is -1.37. The number of rotatable bonds is 0. The lowest BCUT2D eigenvalue weighted by Gasteiger charge is -1.83. The summed E-state index contributed by atoms with van der Waals surface area (Å²) in [6.07, 6.45) is 1.32. The molecule has 2 rings (SSSR count). The number of amidine groups is 1. The second kappa shape index (κ2) is 2.35. The van der Waals surface area contributed by atoms with Crippen molar-refractivity contribution in [3.05, 3.63) is 11.6 Å². The average Bonchev–Trinajstić information content (AvgIpc) is 2.55. The maximum Gasteiger partial charge on any atom is 0.224 e. The summed E-state index contributed by atoms with van der Waals surface area (Å²) in [5.41, 5.74) is 0. The van der Waals surface area contributed by atoms with Gasteiger partial charge in [-0.1, -0.05) is 0 Å². The van der Waals surface area contributed by atoms with E-state index in [4.69, 9.17) is 0 Å². The van der Waals surface area contributed by atoms with Crippen molar-refractivity contribution in [2.75, 3.05) is 0 Å². The third-order valence-electron chi connectivity index (χ3n) is 1.02. The van der Waals surface area contributed by atoms with Gasteiger partial charge >= 0.3 is 0 Å². The summed E-state index contributed by atoms with van der Waals surface area (Å²) in [5, 5.41) is 14.7. The van der Waals surface area contributed by atoms with E-state index in [1.165, 1.54) is 6.34 Å². The van der Waals surface area contributed by atoms with Gasteiger partial charge in [0.25, 0.3) is 0 Å². The minimum Gasteiger partial charge on any atom is -0.210 e. The van der Waals surface area contributed by atoms with Gasteiger partial charge in [0.15, 0.2) is 0 Å². The second-order valence-electron chi connectivity index (χ2n) is 1.72. The summed E-state index contributed by atoms with van der Waals surface area (Å²) in [6.45, 7) is 0. The van der Waals surface area contributed by atoms with Crippen LogP contribution in [-0.2, 0) is 0 Å². The topological polar surface area (TPSA) is 74.2 Å².